The molecular formula is C13H25N3O3S. The van der Waals surface area contributed by atoms with E-state index in [0.29, 0.717) is 19.0 Å². The van der Waals surface area contributed by atoms with E-state index < -0.39 is 9.84 Å². The third-order valence-corrected chi connectivity index (χ3v) is 6.00. The van der Waals surface area contributed by atoms with E-state index >= 15 is 0 Å². The number of likely N-dealkylation sites (N-methyl/N-ethyl adjacent to an activating group) is 2. The highest BCUT2D eigenvalue weighted by atomic mass is 32.2. The summed E-state index contributed by atoms with van der Waals surface area (Å²) in [6, 6.07) is 0.329. The Morgan fingerprint density at radius 3 is 2.60 bits per heavy atom. The van der Waals surface area contributed by atoms with Gasteiger partial charge < -0.3 is 10.2 Å². The lowest BCUT2D eigenvalue weighted by Gasteiger charge is -2.27. The van der Waals surface area contributed by atoms with E-state index in [2.05, 4.69) is 5.32 Å². The molecule has 2 atom stereocenters. The molecule has 116 valence electrons. The summed E-state index contributed by atoms with van der Waals surface area (Å²) in [5, 5.41) is 3.41. The van der Waals surface area contributed by atoms with E-state index in [4.69, 9.17) is 0 Å². The zero-order chi connectivity index (χ0) is 14.8. The number of nitrogens with zero attached hydrogens (tertiary/aromatic N) is 2. The van der Waals surface area contributed by atoms with Crippen molar-refractivity contribution in [3.8, 4) is 0 Å². The molecule has 1 amide bonds. The Morgan fingerprint density at radius 2 is 2.05 bits per heavy atom. The molecule has 0 aliphatic carbocycles. The second kappa shape index (κ2) is 6.41. The lowest BCUT2D eigenvalue weighted by atomic mass is 10.2. The quantitative estimate of drug-likeness (QED) is 0.728. The van der Waals surface area contributed by atoms with Gasteiger partial charge in [0, 0.05) is 25.7 Å². The number of carbonyl (C=O) groups excluding carboxylic acids is 1. The van der Waals surface area contributed by atoms with Gasteiger partial charge in [0.05, 0.1) is 18.1 Å². The molecule has 2 rings (SSSR count). The Bertz CT molecular complexity index is 446. The summed E-state index contributed by atoms with van der Waals surface area (Å²) >= 11 is 0. The third-order valence-electron chi connectivity index (χ3n) is 4.25. The van der Waals surface area contributed by atoms with E-state index in [-0.39, 0.29) is 23.5 Å². The molecule has 0 bridgehead atoms. The van der Waals surface area contributed by atoms with Gasteiger partial charge in [-0.1, -0.05) is 0 Å². The Hall–Kier alpha value is -0.660. The van der Waals surface area contributed by atoms with E-state index in [1.807, 2.05) is 11.9 Å². The predicted octanol–water partition coefficient (Wildman–Crippen LogP) is -0.684. The minimum absolute atomic E-state index is 0.00703. The molecule has 6 nitrogen and oxygen atoms in total. The maximum Gasteiger partial charge on any atom is 0.236 e. The van der Waals surface area contributed by atoms with Crippen molar-refractivity contribution >= 4 is 15.7 Å². The van der Waals surface area contributed by atoms with Crippen LogP contribution in [0.15, 0.2) is 0 Å². The van der Waals surface area contributed by atoms with Crippen LogP contribution in [-0.2, 0) is 14.6 Å². The van der Waals surface area contributed by atoms with Crippen molar-refractivity contribution < 1.29 is 13.2 Å². The lowest BCUT2D eigenvalue weighted by molar-refractivity contribution is -0.132. The van der Waals surface area contributed by atoms with Gasteiger partial charge in [-0.15, -0.1) is 0 Å². The van der Waals surface area contributed by atoms with Crippen molar-refractivity contribution in [1.82, 2.24) is 15.1 Å². The maximum atomic E-state index is 12.2. The number of rotatable bonds is 5. The Kier molecular flexibility index (Phi) is 5.04. The highest BCUT2D eigenvalue weighted by molar-refractivity contribution is 7.91. The highest BCUT2D eigenvalue weighted by Gasteiger charge is 2.32. The van der Waals surface area contributed by atoms with Crippen molar-refractivity contribution in [3.63, 3.8) is 0 Å². The zero-order valence-corrected chi connectivity index (χ0v) is 13.2. The molecule has 20 heavy (non-hydrogen) atoms. The first kappa shape index (κ1) is 15.7. The number of hydrogen-bond donors (Lipinski definition) is 1. The van der Waals surface area contributed by atoms with Crippen LogP contribution in [0.3, 0.4) is 0 Å². The maximum absolute atomic E-state index is 12.2. The first-order valence-electron chi connectivity index (χ1n) is 7.25. The molecule has 7 heteroatoms. The highest BCUT2D eigenvalue weighted by Crippen LogP contribution is 2.16. The molecule has 1 N–H and O–H groups in total. The molecule has 2 heterocycles. The fourth-order valence-electron chi connectivity index (χ4n) is 2.98. The molecule has 2 fully saturated rings. The largest absolute Gasteiger partial charge is 0.341 e. The van der Waals surface area contributed by atoms with Crippen molar-refractivity contribution in [2.75, 3.05) is 45.2 Å². The van der Waals surface area contributed by atoms with E-state index in [0.717, 1.165) is 19.5 Å². The van der Waals surface area contributed by atoms with Gasteiger partial charge in [0.15, 0.2) is 9.84 Å². The average Bonchev–Trinajstić information content (AvgIpc) is 2.97. The summed E-state index contributed by atoms with van der Waals surface area (Å²) in [5.41, 5.74) is 0. The summed E-state index contributed by atoms with van der Waals surface area (Å²) in [6.07, 6.45) is 2.93. The summed E-state index contributed by atoms with van der Waals surface area (Å²) in [6.45, 7) is 2.28. The van der Waals surface area contributed by atoms with Gasteiger partial charge in [-0.2, -0.15) is 0 Å². The average molecular weight is 303 g/mol. The number of carbonyl (C=O) groups is 1. The van der Waals surface area contributed by atoms with E-state index in [1.165, 1.54) is 6.42 Å². The van der Waals surface area contributed by atoms with Gasteiger partial charge in [-0.3, -0.25) is 9.69 Å². The number of sulfone groups is 1. The summed E-state index contributed by atoms with van der Waals surface area (Å²) < 4.78 is 22.9. The molecule has 0 saturated carbocycles. The van der Waals surface area contributed by atoms with Crippen LogP contribution in [0.2, 0.25) is 0 Å². The van der Waals surface area contributed by atoms with Crippen molar-refractivity contribution in [2.24, 2.45) is 0 Å². The topological polar surface area (TPSA) is 69.7 Å². The van der Waals surface area contributed by atoms with Crippen molar-refractivity contribution in [1.29, 1.82) is 0 Å². The molecule has 0 aromatic heterocycles. The van der Waals surface area contributed by atoms with Crippen LogP contribution in [0, 0.1) is 0 Å². The van der Waals surface area contributed by atoms with Gasteiger partial charge >= 0.3 is 0 Å². The SMILES string of the molecule is CN(CC(=O)N(C)C1CCS(=O)(=O)C1)CC1CCCN1. The minimum atomic E-state index is -2.94. The third kappa shape index (κ3) is 4.17. The monoisotopic (exact) mass is 303 g/mol. The molecule has 2 aliphatic rings. The van der Waals surface area contributed by atoms with Crippen molar-refractivity contribution in [3.05, 3.63) is 0 Å². The molecular weight excluding hydrogens is 278 g/mol. The number of amides is 1. The molecule has 2 aliphatic heterocycles. The molecule has 0 spiro atoms. The number of hydrogen-bond acceptors (Lipinski definition) is 5. The van der Waals surface area contributed by atoms with Gasteiger partial charge in [0.1, 0.15) is 0 Å². The van der Waals surface area contributed by atoms with Crippen LogP contribution >= 0.6 is 0 Å². The normalized spacial score (nSPS) is 28.9. The van der Waals surface area contributed by atoms with Gasteiger partial charge in [-0.05, 0) is 32.9 Å². The molecule has 0 radical (unpaired) electrons. The predicted molar refractivity (Wildman–Crippen MR) is 78.4 cm³/mol. The smallest absolute Gasteiger partial charge is 0.236 e. The van der Waals surface area contributed by atoms with Crippen LogP contribution in [-0.4, -0.2) is 81.4 Å². The molecule has 0 aromatic rings. The summed E-state index contributed by atoms with van der Waals surface area (Å²) in [4.78, 5) is 15.8. The minimum Gasteiger partial charge on any atom is -0.341 e. The van der Waals surface area contributed by atoms with Crippen LogP contribution in [0.5, 0.6) is 0 Å². The first-order chi connectivity index (χ1) is 9.37. The zero-order valence-electron chi connectivity index (χ0n) is 12.3. The molecule has 2 saturated heterocycles. The molecule has 2 unspecified atom stereocenters. The van der Waals surface area contributed by atoms with Crippen LogP contribution in [0.4, 0.5) is 0 Å². The fourth-order valence-corrected chi connectivity index (χ4v) is 4.75. The summed E-state index contributed by atoms with van der Waals surface area (Å²) in [7, 11) is 0.721. The van der Waals surface area contributed by atoms with E-state index in [9.17, 15) is 13.2 Å². The number of nitrogens with one attached hydrogen (secondary N) is 1. The van der Waals surface area contributed by atoms with E-state index in [1.54, 1.807) is 11.9 Å². The van der Waals surface area contributed by atoms with Gasteiger partial charge in [0.25, 0.3) is 0 Å². The Morgan fingerprint density at radius 1 is 1.30 bits per heavy atom. The van der Waals surface area contributed by atoms with Crippen LogP contribution in [0.1, 0.15) is 19.3 Å². The Balaban J connectivity index is 1.78. The molecule has 0 aromatic carbocycles. The second-order valence-corrected chi connectivity index (χ2v) is 8.28. The fraction of sp³-hybridized carbons (Fsp3) is 0.923. The lowest BCUT2D eigenvalue weighted by Crippen LogP contribution is -2.45. The summed E-state index contributed by atoms with van der Waals surface area (Å²) in [5.74, 6) is 0.327. The van der Waals surface area contributed by atoms with Gasteiger partial charge in [-0.25, -0.2) is 8.42 Å². The first-order valence-corrected chi connectivity index (χ1v) is 9.07. The Labute approximate surface area is 121 Å². The van der Waals surface area contributed by atoms with Gasteiger partial charge in [0.2, 0.25) is 5.91 Å². The second-order valence-electron chi connectivity index (χ2n) is 6.05. The van der Waals surface area contributed by atoms with Crippen molar-refractivity contribution in [2.45, 2.75) is 31.3 Å². The standard InChI is InChI=1S/C13H25N3O3S/c1-15(8-11-4-3-6-14-11)9-13(17)16(2)12-5-7-20(18,19)10-12/h11-12,14H,3-10H2,1-2H3. The van der Waals surface area contributed by atoms with Crippen LogP contribution in [0.25, 0.3) is 0 Å². The van der Waals surface area contributed by atoms with Crippen LogP contribution < -0.4 is 5.32 Å².